The van der Waals surface area contributed by atoms with Crippen LogP contribution in [0, 0.1) is 0 Å². The van der Waals surface area contributed by atoms with Crippen molar-refractivity contribution in [2.75, 3.05) is 7.11 Å². The van der Waals surface area contributed by atoms with Crippen LogP contribution in [0.25, 0.3) is 0 Å². The molecule has 0 aliphatic carbocycles. The van der Waals surface area contributed by atoms with Gasteiger partial charge in [-0.15, -0.1) is 0 Å². The molecule has 0 N–H and O–H groups in total. The number of hydrogen-bond acceptors (Lipinski definition) is 3. The maximum absolute atomic E-state index is 10.9. The van der Waals surface area contributed by atoms with E-state index in [-0.39, 0.29) is 5.97 Å². The third-order valence-electron chi connectivity index (χ3n) is 2.18. The largest absolute Gasteiger partial charge is 0.497 e. The normalized spacial score (nSPS) is 10.9. The Labute approximate surface area is 90.0 Å². The van der Waals surface area contributed by atoms with Crippen molar-refractivity contribution in [2.45, 2.75) is 26.4 Å². The van der Waals surface area contributed by atoms with Crippen molar-refractivity contribution in [3.63, 3.8) is 0 Å². The molecule has 0 fully saturated rings. The fraction of sp³-hybridized carbons (Fsp3) is 0.417. The van der Waals surface area contributed by atoms with Gasteiger partial charge in [0, 0.05) is 6.92 Å². The molecule has 82 valence electrons. The quantitative estimate of drug-likeness (QED) is 0.716. The zero-order chi connectivity index (χ0) is 11.5. The molecule has 1 rings (SSSR count). The van der Waals surface area contributed by atoms with Gasteiger partial charge in [0.15, 0.2) is 0 Å². The number of methoxy groups -OCH3 is 1. The number of rotatable bonds is 3. The van der Waals surface area contributed by atoms with Crippen molar-refractivity contribution < 1.29 is 14.3 Å². The summed E-state index contributed by atoms with van der Waals surface area (Å²) in [7, 11) is 1.62. The molecule has 0 aromatic heterocycles. The molecule has 0 aliphatic rings. The topological polar surface area (TPSA) is 35.5 Å². The standard InChI is InChI=1S/C12H16O3/c1-9(13)15-12(2,3)10-5-7-11(14-4)8-6-10/h5-8H,1-4H3. The van der Waals surface area contributed by atoms with Gasteiger partial charge in [-0.1, -0.05) is 12.1 Å². The number of carbonyl (C=O) groups is 1. The van der Waals surface area contributed by atoms with Gasteiger partial charge >= 0.3 is 5.97 Å². The highest BCUT2D eigenvalue weighted by Gasteiger charge is 2.23. The van der Waals surface area contributed by atoms with E-state index in [9.17, 15) is 4.79 Å². The summed E-state index contributed by atoms with van der Waals surface area (Å²) in [5, 5.41) is 0. The molecule has 0 aliphatic heterocycles. The minimum atomic E-state index is -0.599. The summed E-state index contributed by atoms with van der Waals surface area (Å²) in [6.45, 7) is 5.12. The first-order valence-electron chi connectivity index (χ1n) is 4.80. The fourth-order valence-electron chi connectivity index (χ4n) is 1.41. The average Bonchev–Trinajstić information content (AvgIpc) is 2.16. The lowest BCUT2D eigenvalue weighted by atomic mass is 9.98. The maximum atomic E-state index is 10.9. The molecule has 0 saturated heterocycles. The Hall–Kier alpha value is -1.51. The van der Waals surface area contributed by atoms with Gasteiger partial charge in [-0.2, -0.15) is 0 Å². The third-order valence-corrected chi connectivity index (χ3v) is 2.18. The second-order valence-electron chi connectivity index (χ2n) is 3.83. The molecule has 0 heterocycles. The van der Waals surface area contributed by atoms with Gasteiger partial charge in [0.05, 0.1) is 7.11 Å². The molecule has 0 amide bonds. The number of benzene rings is 1. The lowest BCUT2D eigenvalue weighted by Gasteiger charge is -2.25. The average molecular weight is 208 g/mol. The van der Waals surface area contributed by atoms with Gasteiger partial charge in [0.2, 0.25) is 0 Å². The number of hydrogen-bond donors (Lipinski definition) is 0. The molecule has 0 unspecified atom stereocenters. The van der Waals surface area contributed by atoms with E-state index in [0.717, 1.165) is 11.3 Å². The Balaban J connectivity index is 2.89. The second kappa shape index (κ2) is 4.34. The highest BCUT2D eigenvalue weighted by Crippen LogP contribution is 2.26. The maximum Gasteiger partial charge on any atom is 0.303 e. The van der Waals surface area contributed by atoms with Crippen molar-refractivity contribution in [2.24, 2.45) is 0 Å². The Morgan fingerprint density at radius 3 is 2.13 bits per heavy atom. The third kappa shape index (κ3) is 2.98. The highest BCUT2D eigenvalue weighted by atomic mass is 16.6. The van der Waals surface area contributed by atoms with Crippen LogP contribution in [-0.2, 0) is 15.1 Å². The van der Waals surface area contributed by atoms with E-state index in [4.69, 9.17) is 9.47 Å². The minimum absolute atomic E-state index is 0.282. The van der Waals surface area contributed by atoms with E-state index in [1.165, 1.54) is 6.92 Å². The van der Waals surface area contributed by atoms with E-state index < -0.39 is 5.60 Å². The Bertz CT molecular complexity index is 338. The molecule has 0 bridgehead atoms. The van der Waals surface area contributed by atoms with Crippen LogP contribution in [0.15, 0.2) is 24.3 Å². The Morgan fingerprint density at radius 1 is 1.20 bits per heavy atom. The molecular weight excluding hydrogens is 192 g/mol. The summed E-state index contributed by atoms with van der Waals surface area (Å²) in [5.41, 5.74) is 0.344. The summed E-state index contributed by atoms with van der Waals surface area (Å²) in [4.78, 5) is 10.9. The lowest BCUT2D eigenvalue weighted by molar-refractivity contribution is -0.154. The summed E-state index contributed by atoms with van der Waals surface area (Å²) in [5.74, 6) is 0.508. The number of carbonyl (C=O) groups excluding carboxylic acids is 1. The number of esters is 1. The van der Waals surface area contributed by atoms with Gasteiger partial charge in [-0.25, -0.2) is 0 Å². The Morgan fingerprint density at radius 2 is 1.73 bits per heavy atom. The van der Waals surface area contributed by atoms with Crippen LogP contribution in [-0.4, -0.2) is 13.1 Å². The van der Waals surface area contributed by atoms with Crippen LogP contribution in [0.1, 0.15) is 26.3 Å². The highest BCUT2D eigenvalue weighted by molar-refractivity contribution is 5.66. The molecule has 0 atom stereocenters. The summed E-state index contributed by atoms with van der Waals surface area (Å²) < 4.78 is 10.3. The monoisotopic (exact) mass is 208 g/mol. The molecule has 3 nitrogen and oxygen atoms in total. The fourth-order valence-corrected chi connectivity index (χ4v) is 1.41. The predicted molar refractivity (Wildman–Crippen MR) is 57.8 cm³/mol. The molecule has 1 aromatic rings. The summed E-state index contributed by atoms with van der Waals surface area (Å²) in [6, 6.07) is 7.48. The first-order valence-corrected chi connectivity index (χ1v) is 4.80. The van der Waals surface area contributed by atoms with Crippen molar-refractivity contribution in [3.05, 3.63) is 29.8 Å². The van der Waals surface area contributed by atoms with Crippen LogP contribution >= 0.6 is 0 Å². The van der Waals surface area contributed by atoms with E-state index in [2.05, 4.69) is 0 Å². The molecular formula is C12H16O3. The Kier molecular flexibility index (Phi) is 3.35. The van der Waals surface area contributed by atoms with Crippen LogP contribution in [0.2, 0.25) is 0 Å². The van der Waals surface area contributed by atoms with Gasteiger partial charge in [-0.05, 0) is 31.5 Å². The lowest BCUT2D eigenvalue weighted by Crippen LogP contribution is -2.24. The molecule has 0 spiro atoms. The smallest absolute Gasteiger partial charge is 0.303 e. The van der Waals surface area contributed by atoms with Crippen molar-refractivity contribution >= 4 is 5.97 Å². The van der Waals surface area contributed by atoms with Gasteiger partial charge in [-0.3, -0.25) is 4.79 Å². The molecule has 0 saturated carbocycles. The molecule has 3 heteroatoms. The van der Waals surface area contributed by atoms with Crippen LogP contribution in [0.4, 0.5) is 0 Å². The van der Waals surface area contributed by atoms with Crippen molar-refractivity contribution in [1.29, 1.82) is 0 Å². The molecule has 0 radical (unpaired) electrons. The zero-order valence-electron chi connectivity index (χ0n) is 9.53. The van der Waals surface area contributed by atoms with Gasteiger partial charge in [0.1, 0.15) is 11.4 Å². The predicted octanol–water partition coefficient (Wildman–Crippen LogP) is 2.49. The number of ether oxygens (including phenoxy) is 2. The van der Waals surface area contributed by atoms with Crippen molar-refractivity contribution in [1.82, 2.24) is 0 Å². The van der Waals surface area contributed by atoms with E-state index in [1.807, 2.05) is 38.1 Å². The van der Waals surface area contributed by atoms with E-state index >= 15 is 0 Å². The summed E-state index contributed by atoms with van der Waals surface area (Å²) in [6.07, 6.45) is 0. The molecule has 15 heavy (non-hydrogen) atoms. The van der Waals surface area contributed by atoms with Gasteiger partial charge < -0.3 is 9.47 Å². The van der Waals surface area contributed by atoms with E-state index in [1.54, 1.807) is 7.11 Å². The zero-order valence-corrected chi connectivity index (χ0v) is 9.53. The first kappa shape index (κ1) is 11.6. The van der Waals surface area contributed by atoms with E-state index in [0.29, 0.717) is 0 Å². The van der Waals surface area contributed by atoms with Crippen LogP contribution < -0.4 is 4.74 Å². The molecule has 1 aromatic carbocycles. The van der Waals surface area contributed by atoms with Crippen LogP contribution in [0.3, 0.4) is 0 Å². The summed E-state index contributed by atoms with van der Waals surface area (Å²) >= 11 is 0. The second-order valence-corrected chi connectivity index (χ2v) is 3.83. The first-order chi connectivity index (χ1) is 6.95. The van der Waals surface area contributed by atoms with Crippen LogP contribution in [0.5, 0.6) is 5.75 Å². The van der Waals surface area contributed by atoms with Gasteiger partial charge in [0.25, 0.3) is 0 Å². The SMILES string of the molecule is COc1ccc(C(C)(C)OC(C)=O)cc1. The minimum Gasteiger partial charge on any atom is -0.497 e. The van der Waals surface area contributed by atoms with Crippen molar-refractivity contribution in [3.8, 4) is 5.75 Å².